The standard InChI is InChI=1S/C6H10O7/c7-1-2(8)3(9)4(10)5(11)6(12)13/h2-3,5,7-9,11H,1H2,(H,12,13)/p-1/t2-,3-,5-/m1/s1. The molecule has 0 aliphatic carbocycles. The number of carbonyl (C=O) groups excluding carboxylic acids is 2. The molecular weight excluding hydrogens is 184 g/mol. The van der Waals surface area contributed by atoms with Gasteiger partial charge in [0.1, 0.15) is 12.2 Å². The number of ketones is 1. The van der Waals surface area contributed by atoms with Crippen LogP contribution in [0.3, 0.4) is 0 Å². The van der Waals surface area contributed by atoms with Gasteiger partial charge in [-0.25, -0.2) is 0 Å². The maximum Gasteiger partial charge on any atom is 0.198 e. The Morgan fingerprint density at radius 3 is 2.00 bits per heavy atom. The van der Waals surface area contributed by atoms with Gasteiger partial charge in [-0.15, -0.1) is 0 Å². The van der Waals surface area contributed by atoms with E-state index in [0.717, 1.165) is 0 Å². The second kappa shape index (κ2) is 4.87. The van der Waals surface area contributed by atoms with Crippen LogP contribution in [0.25, 0.3) is 0 Å². The van der Waals surface area contributed by atoms with Gasteiger partial charge in [0.05, 0.1) is 12.6 Å². The van der Waals surface area contributed by atoms with Gasteiger partial charge in [0, 0.05) is 0 Å². The SMILES string of the molecule is O=C([O-])[C@H](O)C(=O)[C@H](O)[C@H](O)CO. The molecule has 0 aromatic carbocycles. The quantitative estimate of drug-likeness (QED) is 0.322. The number of rotatable bonds is 5. The molecule has 0 saturated heterocycles. The third-order valence-electron chi connectivity index (χ3n) is 1.34. The number of hydrogen-bond donors (Lipinski definition) is 4. The van der Waals surface area contributed by atoms with Crippen LogP contribution in [0.4, 0.5) is 0 Å². The highest BCUT2D eigenvalue weighted by molar-refractivity contribution is 6.02. The summed E-state index contributed by atoms with van der Waals surface area (Å²) in [7, 11) is 0. The molecule has 0 spiro atoms. The lowest BCUT2D eigenvalue weighted by Crippen LogP contribution is -2.49. The largest absolute Gasteiger partial charge is 0.547 e. The third-order valence-corrected chi connectivity index (χ3v) is 1.34. The van der Waals surface area contributed by atoms with Gasteiger partial charge >= 0.3 is 0 Å². The van der Waals surface area contributed by atoms with E-state index in [1.807, 2.05) is 0 Å². The lowest BCUT2D eigenvalue weighted by atomic mass is 10.1. The highest BCUT2D eigenvalue weighted by atomic mass is 16.4. The minimum Gasteiger partial charge on any atom is -0.547 e. The summed E-state index contributed by atoms with van der Waals surface area (Å²) in [5.74, 6) is -3.60. The predicted octanol–water partition coefficient (Wildman–Crippen LogP) is -4.62. The summed E-state index contributed by atoms with van der Waals surface area (Å²) in [4.78, 5) is 20.6. The fraction of sp³-hybridized carbons (Fsp3) is 0.667. The average molecular weight is 193 g/mol. The van der Waals surface area contributed by atoms with Crippen LogP contribution >= 0.6 is 0 Å². The number of hydrogen-bond acceptors (Lipinski definition) is 7. The van der Waals surface area contributed by atoms with E-state index >= 15 is 0 Å². The predicted molar refractivity (Wildman–Crippen MR) is 35.1 cm³/mol. The number of carboxylic acids is 1. The molecule has 7 heteroatoms. The zero-order valence-electron chi connectivity index (χ0n) is 6.45. The molecule has 0 radical (unpaired) electrons. The monoisotopic (exact) mass is 193 g/mol. The molecule has 0 bridgehead atoms. The molecule has 0 rings (SSSR count). The van der Waals surface area contributed by atoms with E-state index in [4.69, 9.17) is 20.4 Å². The number of Topliss-reactive ketones (excluding diaryl/α,β-unsaturated/α-hetero) is 1. The van der Waals surface area contributed by atoms with Crippen molar-refractivity contribution in [2.75, 3.05) is 6.61 Å². The summed E-state index contributed by atoms with van der Waals surface area (Å²) in [5.41, 5.74) is 0. The molecule has 76 valence electrons. The van der Waals surface area contributed by atoms with E-state index in [2.05, 4.69) is 0 Å². The van der Waals surface area contributed by atoms with Crippen molar-refractivity contribution in [3.8, 4) is 0 Å². The molecule has 0 aromatic rings. The van der Waals surface area contributed by atoms with Gasteiger partial charge in [-0.05, 0) is 0 Å². The molecule has 13 heavy (non-hydrogen) atoms. The summed E-state index contributed by atoms with van der Waals surface area (Å²) in [5, 5.41) is 44.2. The van der Waals surface area contributed by atoms with Crippen LogP contribution in [0.1, 0.15) is 0 Å². The maximum absolute atomic E-state index is 10.7. The fourth-order valence-electron chi connectivity index (χ4n) is 0.567. The second-order valence-corrected chi connectivity index (χ2v) is 2.32. The summed E-state index contributed by atoms with van der Waals surface area (Å²) in [6.07, 6.45) is -6.46. The number of carbonyl (C=O) groups is 2. The first-order valence-corrected chi connectivity index (χ1v) is 3.31. The molecule has 7 nitrogen and oxygen atoms in total. The van der Waals surface area contributed by atoms with E-state index in [1.165, 1.54) is 0 Å². The first-order valence-electron chi connectivity index (χ1n) is 3.31. The molecule has 4 N–H and O–H groups in total. The van der Waals surface area contributed by atoms with Crippen LogP contribution in [-0.2, 0) is 9.59 Å². The highest BCUT2D eigenvalue weighted by Gasteiger charge is 2.29. The Hall–Kier alpha value is -1.02. The van der Waals surface area contributed by atoms with Crippen molar-refractivity contribution in [2.45, 2.75) is 18.3 Å². The van der Waals surface area contributed by atoms with E-state index in [0.29, 0.717) is 0 Å². The zero-order chi connectivity index (χ0) is 10.6. The molecule has 0 fully saturated rings. The van der Waals surface area contributed by atoms with E-state index < -0.39 is 36.7 Å². The lowest BCUT2D eigenvalue weighted by molar-refractivity contribution is -0.313. The Bertz CT molecular complexity index is 201. The molecule has 3 atom stereocenters. The van der Waals surface area contributed by atoms with Crippen LogP contribution in [-0.4, -0.2) is 57.1 Å². The molecular formula is C6H9O7-. The number of carboxylic acid groups (broad SMARTS) is 1. The smallest absolute Gasteiger partial charge is 0.198 e. The molecule has 0 heterocycles. The Morgan fingerprint density at radius 2 is 1.69 bits per heavy atom. The van der Waals surface area contributed by atoms with Gasteiger partial charge < -0.3 is 30.3 Å². The van der Waals surface area contributed by atoms with Gasteiger partial charge in [-0.2, -0.15) is 0 Å². The third kappa shape index (κ3) is 3.07. The topological polar surface area (TPSA) is 138 Å². The number of aliphatic carboxylic acids is 1. The zero-order valence-corrected chi connectivity index (χ0v) is 6.45. The van der Waals surface area contributed by atoms with Crippen LogP contribution in [0.2, 0.25) is 0 Å². The molecule has 0 unspecified atom stereocenters. The van der Waals surface area contributed by atoms with Crippen molar-refractivity contribution in [1.29, 1.82) is 0 Å². The lowest BCUT2D eigenvalue weighted by Gasteiger charge is -2.18. The van der Waals surface area contributed by atoms with Crippen LogP contribution in [0.5, 0.6) is 0 Å². The Labute approximate surface area is 72.9 Å². The van der Waals surface area contributed by atoms with Crippen molar-refractivity contribution >= 4 is 11.8 Å². The second-order valence-electron chi connectivity index (χ2n) is 2.32. The summed E-state index contributed by atoms with van der Waals surface area (Å²) in [6.45, 7) is -0.924. The molecule has 0 amide bonds. The van der Waals surface area contributed by atoms with Crippen molar-refractivity contribution < 1.29 is 35.1 Å². The van der Waals surface area contributed by atoms with Crippen molar-refractivity contribution in [2.24, 2.45) is 0 Å². The highest BCUT2D eigenvalue weighted by Crippen LogP contribution is 1.98. The van der Waals surface area contributed by atoms with Gasteiger partial charge in [-0.3, -0.25) is 4.79 Å². The molecule has 0 aliphatic rings. The van der Waals surface area contributed by atoms with Crippen LogP contribution < -0.4 is 5.11 Å². The van der Waals surface area contributed by atoms with Gasteiger partial charge in [0.2, 0.25) is 0 Å². The van der Waals surface area contributed by atoms with E-state index in [9.17, 15) is 14.7 Å². The van der Waals surface area contributed by atoms with Gasteiger partial charge in [0.15, 0.2) is 11.9 Å². The Morgan fingerprint density at radius 1 is 1.23 bits per heavy atom. The summed E-state index contributed by atoms with van der Waals surface area (Å²) < 4.78 is 0. The Balaban J connectivity index is 4.33. The molecule has 0 aromatic heterocycles. The van der Waals surface area contributed by atoms with Crippen molar-refractivity contribution in [3.63, 3.8) is 0 Å². The number of aliphatic hydroxyl groups excluding tert-OH is 4. The maximum atomic E-state index is 10.7. The minimum atomic E-state index is -2.50. The first-order chi connectivity index (χ1) is 5.91. The van der Waals surface area contributed by atoms with Gasteiger partial charge in [-0.1, -0.05) is 0 Å². The van der Waals surface area contributed by atoms with Crippen LogP contribution in [0, 0.1) is 0 Å². The van der Waals surface area contributed by atoms with Crippen LogP contribution in [0.15, 0.2) is 0 Å². The first kappa shape index (κ1) is 12.0. The average Bonchev–Trinajstić information content (AvgIpc) is 2.12. The minimum absolute atomic E-state index is 0.924. The number of aliphatic hydroxyl groups is 4. The molecule has 0 aliphatic heterocycles. The van der Waals surface area contributed by atoms with Crippen molar-refractivity contribution in [1.82, 2.24) is 0 Å². The summed E-state index contributed by atoms with van der Waals surface area (Å²) in [6, 6.07) is 0. The van der Waals surface area contributed by atoms with E-state index in [1.54, 1.807) is 0 Å². The normalized spacial score (nSPS) is 17.5. The summed E-state index contributed by atoms with van der Waals surface area (Å²) >= 11 is 0. The Kier molecular flexibility index (Phi) is 4.49. The molecule has 0 saturated carbocycles. The fourth-order valence-corrected chi connectivity index (χ4v) is 0.567. The van der Waals surface area contributed by atoms with E-state index in [-0.39, 0.29) is 0 Å². The van der Waals surface area contributed by atoms with Gasteiger partial charge in [0.25, 0.3) is 0 Å². The van der Waals surface area contributed by atoms with Crippen molar-refractivity contribution in [3.05, 3.63) is 0 Å².